The van der Waals surface area contributed by atoms with Gasteiger partial charge in [-0.05, 0) is 24.5 Å². The number of hydrogen-bond acceptors (Lipinski definition) is 5. The standard InChI is InChI=1S/C16H21N3O3S/c1-4-19(5-2)23(21,22)12-6-7-15(18-10-12)14(9-17)16(20)13-8-11(13)3/h6-7,10-11,13-14H,4-5,8H2,1-3H3/t11-,13-,14-/m0/s1. The molecule has 124 valence electrons. The van der Waals surface area contributed by atoms with Crippen molar-refractivity contribution in [3.8, 4) is 6.07 Å². The van der Waals surface area contributed by atoms with Crippen LogP contribution in [0.25, 0.3) is 0 Å². The summed E-state index contributed by atoms with van der Waals surface area (Å²) in [5.74, 6) is -0.789. The Kier molecular flexibility index (Phi) is 5.17. The van der Waals surface area contributed by atoms with Crippen molar-refractivity contribution in [1.29, 1.82) is 5.26 Å². The van der Waals surface area contributed by atoms with Crippen molar-refractivity contribution < 1.29 is 13.2 Å². The summed E-state index contributed by atoms with van der Waals surface area (Å²) in [5, 5.41) is 9.27. The lowest BCUT2D eigenvalue weighted by Gasteiger charge is -2.18. The molecule has 0 saturated heterocycles. The first kappa shape index (κ1) is 17.6. The van der Waals surface area contributed by atoms with E-state index in [1.54, 1.807) is 13.8 Å². The third-order valence-electron chi connectivity index (χ3n) is 4.29. The van der Waals surface area contributed by atoms with Gasteiger partial charge in [0.1, 0.15) is 10.8 Å². The Bertz CT molecular complexity index is 718. The Morgan fingerprint density at radius 2 is 2.04 bits per heavy atom. The lowest BCUT2D eigenvalue weighted by molar-refractivity contribution is -0.120. The molecule has 0 unspecified atom stereocenters. The number of nitrogens with zero attached hydrogens (tertiary/aromatic N) is 3. The van der Waals surface area contributed by atoms with Gasteiger partial charge in [0.2, 0.25) is 10.0 Å². The molecule has 0 N–H and O–H groups in total. The first-order valence-corrected chi connectivity index (χ1v) is 9.20. The number of sulfonamides is 1. The molecule has 1 aromatic heterocycles. The van der Waals surface area contributed by atoms with Crippen LogP contribution in [0.5, 0.6) is 0 Å². The molecule has 0 radical (unpaired) electrons. The smallest absolute Gasteiger partial charge is 0.244 e. The number of carbonyl (C=O) groups excluding carboxylic acids is 1. The molecule has 1 heterocycles. The van der Waals surface area contributed by atoms with Crippen LogP contribution >= 0.6 is 0 Å². The fraction of sp³-hybridized carbons (Fsp3) is 0.562. The van der Waals surface area contributed by atoms with Crippen LogP contribution in [0, 0.1) is 23.2 Å². The van der Waals surface area contributed by atoms with E-state index in [4.69, 9.17) is 0 Å². The van der Waals surface area contributed by atoms with Gasteiger partial charge in [0, 0.05) is 25.2 Å². The highest BCUT2D eigenvalue weighted by Gasteiger charge is 2.43. The lowest BCUT2D eigenvalue weighted by Crippen LogP contribution is -2.30. The SMILES string of the molecule is CCN(CC)S(=O)(=O)c1ccc([C@H](C#N)C(=O)[C@H]2C[C@@H]2C)nc1. The van der Waals surface area contributed by atoms with Gasteiger partial charge in [-0.1, -0.05) is 20.8 Å². The molecule has 23 heavy (non-hydrogen) atoms. The van der Waals surface area contributed by atoms with Crippen molar-refractivity contribution in [2.75, 3.05) is 13.1 Å². The summed E-state index contributed by atoms with van der Waals surface area (Å²) >= 11 is 0. The second-order valence-corrected chi connectivity index (χ2v) is 7.73. The van der Waals surface area contributed by atoms with Gasteiger partial charge in [-0.2, -0.15) is 9.57 Å². The van der Waals surface area contributed by atoms with E-state index in [-0.39, 0.29) is 16.6 Å². The first-order chi connectivity index (χ1) is 10.9. The van der Waals surface area contributed by atoms with Gasteiger partial charge in [0.05, 0.1) is 11.8 Å². The number of hydrogen-bond donors (Lipinski definition) is 0. The average molecular weight is 335 g/mol. The summed E-state index contributed by atoms with van der Waals surface area (Å²) in [5.41, 5.74) is 0.315. The first-order valence-electron chi connectivity index (χ1n) is 7.76. The molecule has 0 amide bonds. The zero-order valence-corrected chi connectivity index (χ0v) is 14.4. The summed E-state index contributed by atoms with van der Waals surface area (Å²) in [6.07, 6.45) is 2.04. The van der Waals surface area contributed by atoms with Crippen LogP contribution in [0.1, 0.15) is 38.8 Å². The summed E-state index contributed by atoms with van der Waals surface area (Å²) in [7, 11) is -3.58. The molecule has 3 atom stereocenters. The molecular weight excluding hydrogens is 314 g/mol. The van der Waals surface area contributed by atoms with E-state index in [1.165, 1.54) is 22.6 Å². The zero-order chi connectivity index (χ0) is 17.2. The minimum Gasteiger partial charge on any atom is -0.297 e. The van der Waals surface area contributed by atoms with Crippen LogP contribution in [0.2, 0.25) is 0 Å². The second kappa shape index (κ2) is 6.77. The number of nitriles is 1. The van der Waals surface area contributed by atoms with Crippen LogP contribution in [0.15, 0.2) is 23.2 Å². The summed E-state index contributed by atoms with van der Waals surface area (Å²) in [6.45, 7) is 6.26. The maximum Gasteiger partial charge on any atom is 0.244 e. The van der Waals surface area contributed by atoms with Crippen molar-refractivity contribution in [3.05, 3.63) is 24.0 Å². The molecule has 1 aliphatic rings. The van der Waals surface area contributed by atoms with E-state index in [1.807, 2.05) is 13.0 Å². The molecule has 6 nitrogen and oxygen atoms in total. The summed E-state index contributed by atoms with van der Waals surface area (Å²) < 4.78 is 26.1. The van der Waals surface area contributed by atoms with E-state index in [0.29, 0.717) is 24.7 Å². The predicted octanol–water partition coefficient (Wildman–Crippen LogP) is 1.94. The van der Waals surface area contributed by atoms with Gasteiger partial charge in [0.25, 0.3) is 0 Å². The molecular formula is C16H21N3O3S. The number of ketones is 1. The van der Waals surface area contributed by atoms with Crippen molar-refractivity contribution in [2.24, 2.45) is 11.8 Å². The maximum atomic E-state index is 12.4. The molecule has 1 fully saturated rings. The van der Waals surface area contributed by atoms with Gasteiger partial charge in [-0.15, -0.1) is 0 Å². The number of pyridine rings is 1. The van der Waals surface area contributed by atoms with Crippen LogP contribution in [0.3, 0.4) is 0 Å². The molecule has 1 aromatic rings. The quantitative estimate of drug-likeness (QED) is 0.759. The van der Waals surface area contributed by atoms with Crippen LogP contribution in [-0.2, 0) is 14.8 Å². The van der Waals surface area contributed by atoms with Crippen molar-refractivity contribution in [2.45, 2.75) is 38.0 Å². The third-order valence-corrected chi connectivity index (χ3v) is 6.32. The van der Waals surface area contributed by atoms with Gasteiger partial charge in [0.15, 0.2) is 5.78 Å². The Hall–Kier alpha value is -1.78. The number of carbonyl (C=O) groups is 1. The van der Waals surface area contributed by atoms with Gasteiger partial charge in [-0.25, -0.2) is 8.42 Å². The molecule has 0 aliphatic heterocycles. The van der Waals surface area contributed by atoms with Crippen LogP contribution in [0.4, 0.5) is 0 Å². The molecule has 2 rings (SSSR count). The molecule has 1 aliphatic carbocycles. The third kappa shape index (κ3) is 3.43. The minimum absolute atomic E-state index is 0.0690. The maximum absolute atomic E-state index is 12.4. The van der Waals surface area contributed by atoms with Crippen molar-refractivity contribution >= 4 is 15.8 Å². The monoisotopic (exact) mass is 335 g/mol. The molecule has 1 saturated carbocycles. The predicted molar refractivity (Wildman–Crippen MR) is 85.0 cm³/mol. The Labute approximate surface area is 137 Å². The second-order valence-electron chi connectivity index (χ2n) is 5.79. The van der Waals surface area contributed by atoms with E-state index >= 15 is 0 Å². The number of Topliss-reactive ketones (excluding diaryl/α,β-unsaturated/α-hetero) is 1. The van der Waals surface area contributed by atoms with E-state index in [9.17, 15) is 18.5 Å². The van der Waals surface area contributed by atoms with Gasteiger partial charge in [-0.3, -0.25) is 9.78 Å². The summed E-state index contributed by atoms with van der Waals surface area (Å²) in [4.78, 5) is 16.4. The van der Waals surface area contributed by atoms with Crippen molar-refractivity contribution in [3.63, 3.8) is 0 Å². The molecule has 0 bridgehead atoms. The Morgan fingerprint density at radius 1 is 1.43 bits per heavy atom. The average Bonchev–Trinajstić information content (AvgIpc) is 3.26. The zero-order valence-electron chi connectivity index (χ0n) is 13.6. The number of aromatic nitrogens is 1. The highest BCUT2D eigenvalue weighted by molar-refractivity contribution is 7.89. The molecule has 0 aromatic carbocycles. The largest absolute Gasteiger partial charge is 0.297 e. The van der Waals surface area contributed by atoms with Crippen molar-refractivity contribution in [1.82, 2.24) is 9.29 Å². The Morgan fingerprint density at radius 3 is 2.43 bits per heavy atom. The summed E-state index contributed by atoms with van der Waals surface area (Å²) in [6, 6.07) is 4.88. The highest BCUT2D eigenvalue weighted by Crippen LogP contribution is 2.41. The number of rotatable bonds is 7. The Balaban J connectivity index is 2.25. The van der Waals surface area contributed by atoms with E-state index in [2.05, 4.69) is 4.98 Å². The fourth-order valence-electron chi connectivity index (χ4n) is 2.64. The van der Waals surface area contributed by atoms with Gasteiger partial charge >= 0.3 is 0 Å². The minimum atomic E-state index is -3.58. The normalized spacial score (nSPS) is 21.7. The van der Waals surface area contributed by atoms with Gasteiger partial charge < -0.3 is 0 Å². The highest BCUT2D eigenvalue weighted by atomic mass is 32.2. The van der Waals surface area contributed by atoms with E-state index < -0.39 is 15.9 Å². The van der Waals surface area contributed by atoms with Crippen LogP contribution in [-0.4, -0.2) is 36.6 Å². The van der Waals surface area contributed by atoms with E-state index in [0.717, 1.165) is 6.42 Å². The van der Waals surface area contributed by atoms with Crippen LogP contribution < -0.4 is 0 Å². The lowest BCUT2D eigenvalue weighted by atomic mass is 9.97. The fourth-order valence-corrected chi connectivity index (χ4v) is 4.04. The molecule has 0 spiro atoms. The molecule has 7 heteroatoms. The topological polar surface area (TPSA) is 91.1 Å².